The number of aromatic nitrogens is 2. The molecule has 0 N–H and O–H groups in total. The summed E-state index contributed by atoms with van der Waals surface area (Å²) < 4.78 is 11.4. The zero-order chi connectivity index (χ0) is 28.7. The number of furan rings is 1. The highest BCUT2D eigenvalue weighted by Gasteiger charge is 2.22. The van der Waals surface area contributed by atoms with Crippen LogP contribution in [0.4, 0.5) is 11.4 Å². The Morgan fingerprint density at radius 2 is 0.977 bits per heavy atom. The molecule has 43 heavy (non-hydrogen) atoms. The number of nitrogens with zero attached hydrogens (tertiary/aromatic N) is 4. The summed E-state index contributed by atoms with van der Waals surface area (Å²) >= 11 is 0. The molecule has 0 saturated carbocycles. The number of para-hydroxylation sites is 3. The van der Waals surface area contributed by atoms with Crippen LogP contribution >= 0.6 is 0 Å². The Kier molecular flexibility index (Phi) is 4.68. The van der Waals surface area contributed by atoms with Crippen molar-refractivity contribution in [2.75, 3.05) is 0 Å². The van der Waals surface area contributed by atoms with Crippen molar-refractivity contribution in [2.24, 2.45) is 0 Å². The van der Waals surface area contributed by atoms with Crippen LogP contribution in [0.5, 0.6) is 0 Å². The van der Waals surface area contributed by atoms with Gasteiger partial charge in [0.15, 0.2) is 11.4 Å². The molecule has 0 saturated heterocycles. The van der Waals surface area contributed by atoms with Crippen LogP contribution in [-0.4, -0.2) is 9.13 Å². The first kappa shape index (κ1) is 23.4. The maximum absolute atomic E-state index is 7.64. The van der Waals surface area contributed by atoms with Gasteiger partial charge < -0.3 is 13.6 Å². The quantitative estimate of drug-likeness (QED) is 0.198. The monoisotopic (exact) mass is 548 g/mol. The maximum atomic E-state index is 7.64. The van der Waals surface area contributed by atoms with Crippen LogP contribution in [0.1, 0.15) is 0 Å². The van der Waals surface area contributed by atoms with E-state index in [1.54, 1.807) is 12.1 Å². The van der Waals surface area contributed by atoms with Crippen molar-refractivity contribution in [3.8, 4) is 11.4 Å². The van der Waals surface area contributed by atoms with Crippen LogP contribution in [0, 0.1) is 13.1 Å². The summed E-state index contributed by atoms with van der Waals surface area (Å²) in [4.78, 5) is 7.16. The lowest BCUT2D eigenvalue weighted by Gasteiger charge is -2.09. The van der Waals surface area contributed by atoms with E-state index in [4.69, 9.17) is 17.6 Å². The minimum absolute atomic E-state index is 0.348. The molecule has 0 unspecified atom stereocenters. The summed E-state index contributed by atoms with van der Waals surface area (Å²) in [7, 11) is 0. The van der Waals surface area contributed by atoms with Gasteiger partial charge in [-0.15, -0.1) is 0 Å². The Labute approximate surface area is 245 Å². The van der Waals surface area contributed by atoms with Crippen LogP contribution in [0.15, 0.2) is 126 Å². The second-order valence-corrected chi connectivity index (χ2v) is 10.7. The van der Waals surface area contributed by atoms with Gasteiger partial charge in [-0.1, -0.05) is 66.7 Å². The highest BCUT2D eigenvalue weighted by Crippen LogP contribution is 2.45. The molecule has 0 bridgehead atoms. The van der Waals surface area contributed by atoms with Gasteiger partial charge in [-0.2, -0.15) is 0 Å². The van der Waals surface area contributed by atoms with E-state index in [9.17, 15) is 0 Å². The van der Waals surface area contributed by atoms with Crippen molar-refractivity contribution in [2.45, 2.75) is 0 Å². The third kappa shape index (κ3) is 3.08. The highest BCUT2D eigenvalue weighted by atomic mass is 16.3. The molecule has 3 heterocycles. The lowest BCUT2D eigenvalue weighted by atomic mass is 10.1. The molecule has 9 rings (SSSR count). The van der Waals surface area contributed by atoms with Crippen LogP contribution in [0.2, 0.25) is 0 Å². The number of benzene rings is 6. The fraction of sp³-hybridized carbons (Fsp3) is 0. The van der Waals surface area contributed by atoms with Gasteiger partial charge in [0.05, 0.1) is 46.0 Å². The molecule has 0 aliphatic heterocycles. The van der Waals surface area contributed by atoms with Crippen LogP contribution in [-0.2, 0) is 0 Å². The van der Waals surface area contributed by atoms with E-state index in [1.807, 2.05) is 24.3 Å². The fourth-order valence-corrected chi connectivity index (χ4v) is 6.76. The van der Waals surface area contributed by atoms with E-state index in [1.165, 1.54) is 0 Å². The maximum Gasteiger partial charge on any atom is 0.196 e. The molecule has 0 spiro atoms. The van der Waals surface area contributed by atoms with Crippen molar-refractivity contribution in [1.29, 1.82) is 0 Å². The molecule has 0 fully saturated rings. The van der Waals surface area contributed by atoms with Gasteiger partial charge in [0.1, 0.15) is 11.2 Å². The Balaban J connectivity index is 1.42. The molecule has 198 valence electrons. The first-order chi connectivity index (χ1) is 21.3. The molecule has 6 aromatic carbocycles. The molecule has 0 radical (unpaired) electrons. The van der Waals surface area contributed by atoms with E-state index < -0.39 is 0 Å². The Hall–Kier alpha value is -6.30. The summed E-state index contributed by atoms with van der Waals surface area (Å²) in [5.74, 6) is 0. The average molecular weight is 549 g/mol. The van der Waals surface area contributed by atoms with Gasteiger partial charge in [0.2, 0.25) is 0 Å². The second kappa shape index (κ2) is 8.60. The van der Waals surface area contributed by atoms with Gasteiger partial charge in [-0.25, -0.2) is 0 Å². The SMILES string of the molecule is [C-]#[N+]c1ccc(-n2c3ccccc3c3c4oc5c(ccc6c5c5ccccc5n6-c5ccccc5)c4ccc32)cc1[N+]#[C-]. The molecule has 0 aliphatic rings. The molecule has 0 amide bonds. The van der Waals surface area contributed by atoms with E-state index in [0.29, 0.717) is 11.4 Å². The van der Waals surface area contributed by atoms with Crippen molar-refractivity contribution in [1.82, 2.24) is 9.13 Å². The summed E-state index contributed by atoms with van der Waals surface area (Å²) in [5, 5.41) is 6.49. The van der Waals surface area contributed by atoms with Crippen molar-refractivity contribution in [3.63, 3.8) is 0 Å². The van der Waals surface area contributed by atoms with E-state index >= 15 is 0 Å². The molecule has 9 aromatic rings. The van der Waals surface area contributed by atoms with Crippen molar-refractivity contribution >= 4 is 76.9 Å². The number of fused-ring (bicyclic) bond motifs is 11. The highest BCUT2D eigenvalue weighted by molar-refractivity contribution is 6.29. The lowest BCUT2D eigenvalue weighted by molar-refractivity contribution is 0.677. The number of rotatable bonds is 2. The topological polar surface area (TPSA) is 31.7 Å². The first-order valence-corrected chi connectivity index (χ1v) is 14.0. The zero-order valence-corrected chi connectivity index (χ0v) is 22.7. The van der Waals surface area contributed by atoms with Crippen LogP contribution in [0.3, 0.4) is 0 Å². The second-order valence-electron chi connectivity index (χ2n) is 10.7. The number of hydrogen-bond acceptors (Lipinski definition) is 1. The molecular weight excluding hydrogens is 528 g/mol. The summed E-state index contributed by atoms with van der Waals surface area (Å²) in [5.41, 5.74) is 8.62. The summed E-state index contributed by atoms with van der Waals surface area (Å²) in [6.07, 6.45) is 0. The molecule has 0 aliphatic carbocycles. The van der Waals surface area contributed by atoms with E-state index in [2.05, 4.69) is 104 Å². The van der Waals surface area contributed by atoms with Gasteiger partial charge in [0, 0.05) is 32.9 Å². The summed E-state index contributed by atoms with van der Waals surface area (Å²) in [6.45, 7) is 15.1. The molecular formula is C38H20N4O. The van der Waals surface area contributed by atoms with Gasteiger partial charge in [-0.3, -0.25) is 9.69 Å². The normalized spacial score (nSPS) is 11.7. The summed E-state index contributed by atoms with van der Waals surface area (Å²) in [6, 6.07) is 41.4. The minimum Gasteiger partial charge on any atom is -0.455 e. The van der Waals surface area contributed by atoms with E-state index in [-0.39, 0.29) is 0 Å². The Morgan fingerprint density at radius 1 is 0.442 bits per heavy atom. The standard InChI is InChI=1S/C38H20N4O/c1-39-29-19-16-24(22-30(29)40-2)42-32-15-9-7-13-28(32)36-34(42)21-18-26-25-17-20-33-35(37(25)43-38(26)36)27-12-6-8-14-31(27)41(33)23-10-4-3-5-11-23/h3-22H. The smallest absolute Gasteiger partial charge is 0.196 e. The Morgan fingerprint density at radius 3 is 1.56 bits per heavy atom. The number of hydrogen-bond donors (Lipinski definition) is 0. The minimum atomic E-state index is 0.348. The predicted molar refractivity (Wildman–Crippen MR) is 175 cm³/mol. The van der Waals surface area contributed by atoms with Gasteiger partial charge in [-0.05, 0) is 54.6 Å². The molecule has 3 aromatic heterocycles. The van der Waals surface area contributed by atoms with Crippen molar-refractivity contribution < 1.29 is 4.42 Å². The average Bonchev–Trinajstić information content (AvgIpc) is 3.72. The van der Waals surface area contributed by atoms with E-state index in [0.717, 1.165) is 76.9 Å². The largest absolute Gasteiger partial charge is 0.455 e. The fourth-order valence-electron chi connectivity index (χ4n) is 6.76. The van der Waals surface area contributed by atoms with Crippen LogP contribution < -0.4 is 0 Å². The third-order valence-electron chi connectivity index (χ3n) is 8.55. The lowest BCUT2D eigenvalue weighted by Crippen LogP contribution is -1.93. The molecule has 5 nitrogen and oxygen atoms in total. The van der Waals surface area contributed by atoms with Gasteiger partial charge >= 0.3 is 0 Å². The molecule has 0 atom stereocenters. The van der Waals surface area contributed by atoms with Gasteiger partial charge in [0.25, 0.3) is 0 Å². The predicted octanol–water partition coefficient (Wildman–Crippen LogP) is 10.9. The Bertz CT molecular complexity index is 2690. The van der Waals surface area contributed by atoms with Crippen LogP contribution in [0.25, 0.3) is 86.6 Å². The molecule has 5 heteroatoms. The third-order valence-corrected chi connectivity index (χ3v) is 8.55. The van der Waals surface area contributed by atoms with Crippen molar-refractivity contribution in [3.05, 3.63) is 144 Å². The zero-order valence-electron chi connectivity index (χ0n) is 22.7. The first-order valence-electron chi connectivity index (χ1n) is 14.0.